The van der Waals surface area contributed by atoms with Gasteiger partial charge < -0.3 is 0 Å². The summed E-state index contributed by atoms with van der Waals surface area (Å²) in [6, 6.07) is 0. The van der Waals surface area contributed by atoms with E-state index in [-0.39, 0.29) is 0 Å². The van der Waals surface area contributed by atoms with E-state index in [1.807, 2.05) is 0 Å². The molecule has 0 spiro atoms. The lowest BCUT2D eigenvalue weighted by molar-refractivity contribution is 0.448. The van der Waals surface area contributed by atoms with Gasteiger partial charge in [0.25, 0.3) is 0 Å². The molecule has 1 heterocycles. The van der Waals surface area contributed by atoms with Crippen molar-refractivity contribution in [2.75, 3.05) is 12.3 Å². The van der Waals surface area contributed by atoms with E-state index in [9.17, 15) is 0 Å². The molecular formula is C8H17P. The van der Waals surface area contributed by atoms with Crippen LogP contribution < -0.4 is 0 Å². The molecule has 0 saturated carbocycles. The summed E-state index contributed by atoms with van der Waals surface area (Å²) in [7, 11) is 0.422. The van der Waals surface area contributed by atoms with Crippen LogP contribution in [0.2, 0.25) is 0 Å². The molecule has 0 radical (unpaired) electrons. The molecule has 0 bridgehead atoms. The van der Waals surface area contributed by atoms with Crippen molar-refractivity contribution in [1.29, 1.82) is 0 Å². The molecule has 0 aliphatic carbocycles. The molecule has 0 aromatic carbocycles. The molecule has 1 heteroatoms. The Kier molecular flexibility index (Phi) is 1.87. The molecule has 0 N–H and O–H groups in total. The average molecular weight is 144 g/mol. The molecule has 2 atom stereocenters. The summed E-state index contributed by atoms with van der Waals surface area (Å²) >= 11 is 0. The highest BCUT2D eigenvalue weighted by atomic mass is 31.1. The molecular weight excluding hydrogens is 127 g/mol. The second-order valence-electron chi connectivity index (χ2n) is 3.59. The highest BCUT2D eigenvalue weighted by Crippen LogP contribution is 2.64. The second kappa shape index (κ2) is 2.23. The van der Waals surface area contributed by atoms with Crippen LogP contribution in [0.25, 0.3) is 0 Å². The predicted octanol–water partition coefficient (Wildman–Crippen LogP) is 2.92. The molecule has 1 rings (SSSR count). The molecule has 1 fully saturated rings. The standard InChI is InChI=1S/C8H17P/c1-5-9-6-7(2)8(9,3)4/h7H,5-6H2,1-4H3/t7-,9?/m1/s1. The van der Waals surface area contributed by atoms with Crippen molar-refractivity contribution >= 4 is 7.92 Å². The van der Waals surface area contributed by atoms with Crippen molar-refractivity contribution in [3.63, 3.8) is 0 Å². The zero-order chi connectivity index (χ0) is 7.07. The van der Waals surface area contributed by atoms with Gasteiger partial charge in [-0.25, -0.2) is 0 Å². The normalized spacial score (nSPS) is 40.0. The Bertz CT molecular complexity index is 107. The van der Waals surface area contributed by atoms with Crippen molar-refractivity contribution < 1.29 is 0 Å². The summed E-state index contributed by atoms with van der Waals surface area (Å²) in [4.78, 5) is 0. The summed E-state index contributed by atoms with van der Waals surface area (Å²) in [5, 5.41) is 0.712. The molecule has 0 amide bonds. The monoisotopic (exact) mass is 144 g/mol. The Morgan fingerprint density at radius 1 is 1.56 bits per heavy atom. The fourth-order valence-corrected chi connectivity index (χ4v) is 4.58. The Balaban J connectivity index is 2.48. The van der Waals surface area contributed by atoms with E-state index >= 15 is 0 Å². The van der Waals surface area contributed by atoms with Gasteiger partial charge in [0.15, 0.2) is 0 Å². The summed E-state index contributed by atoms with van der Waals surface area (Å²) < 4.78 is 0. The van der Waals surface area contributed by atoms with Gasteiger partial charge in [-0.2, -0.15) is 0 Å². The van der Waals surface area contributed by atoms with Crippen molar-refractivity contribution in [2.45, 2.75) is 32.9 Å². The van der Waals surface area contributed by atoms with Crippen LogP contribution in [0.4, 0.5) is 0 Å². The third-order valence-electron chi connectivity index (χ3n) is 2.90. The SMILES string of the molecule is CCP1C[C@@H](C)C1(C)C. The smallest absolute Gasteiger partial charge is 0.0122 e. The van der Waals surface area contributed by atoms with Gasteiger partial charge in [0, 0.05) is 0 Å². The average Bonchev–Trinajstić information content (AvgIpc) is 1.82. The maximum atomic E-state index is 2.43. The van der Waals surface area contributed by atoms with Crippen LogP contribution in [-0.2, 0) is 0 Å². The van der Waals surface area contributed by atoms with Crippen molar-refractivity contribution in [2.24, 2.45) is 5.92 Å². The molecule has 0 nitrogen and oxygen atoms in total. The van der Waals surface area contributed by atoms with Crippen molar-refractivity contribution in [3.05, 3.63) is 0 Å². The van der Waals surface area contributed by atoms with Crippen LogP contribution in [0, 0.1) is 5.92 Å². The lowest BCUT2D eigenvalue weighted by atomic mass is 9.97. The Morgan fingerprint density at radius 2 is 2.11 bits per heavy atom. The number of hydrogen-bond acceptors (Lipinski definition) is 0. The molecule has 1 aliphatic rings. The van der Waals surface area contributed by atoms with Crippen LogP contribution in [0.1, 0.15) is 27.7 Å². The third-order valence-corrected chi connectivity index (χ3v) is 6.72. The first kappa shape index (κ1) is 7.54. The van der Waals surface area contributed by atoms with Gasteiger partial charge in [0.1, 0.15) is 0 Å². The van der Waals surface area contributed by atoms with E-state index in [1.54, 1.807) is 0 Å². The van der Waals surface area contributed by atoms with E-state index in [1.165, 1.54) is 12.3 Å². The maximum Gasteiger partial charge on any atom is -0.0122 e. The molecule has 9 heavy (non-hydrogen) atoms. The predicted molar refractivity (Wildman–Crippen MR) is 45.6 cm³/mol. The molecule has 54 valence electrons. The molecule has 1 saturated heterocycles. The van der Waals surface area contributed by atoms with Gasteiger partial charge in [-0.3, -0.25) is 0 Å². The van der Waals surface area contributed by atoms with E-state index in [0.29, 0.717) is 13.1 Å². The topological polar surface area (TPSA) is 0 Å². The first-order valence-corrected chi connectivity index (χ1v) is 5.55. The third kappa shape index (κ3) is 1.03. The minimum absolute atomic E-state index is 0.422. The summed E-state index contributed by atoms with van der Waals surface area (Å²) in [6.07, 6.45) is 2.96. The van der Waals surface area contributed by atoms with Gasteiger partial charge in [-0.15, -0.1) is 7.92 Å². The highest BCUT2D eigenvalue weighted by Gasteiger charge is 2.43. The van der Waals surface area contributed by atoms with E-state index < -0.39 is 0 Å². The summed E-state index contributed by atoms with van der Waals surface area (Å²) in [5.41, 5.74) is 0. The maximum absolute atomic E-state index is 2.43. The van der Waals surface area contributed by atoms with Gasteiger partial charge in [0.05, 0.1) is 0 Å². The second-order valence-corrected chi connectivity index (χ2v) is 6.82. The van der Waals surface area contributed by atoms with E-state index in [0.717, 1.165) is 5.92 Å². The number of rotatable bonds is 1. The minimum atomic E-state index is 0.422. The summed E-state index contributed by atoms with van der Waals surface area (Å²) in [6.45, 7) is 9.57. The van der Waals surface area contributed by atoms with Gasteiger partial charge >= 0.3 is 0 Å². The fourth-order valence-electron chi connectivity index (χ4n) is 1.53. The largest absolute Gasteiger partial charge is 0.101 e. The molecule has 0 aromatic heterocycles. The van der Waals surface area contributed by atoms with Crippen LogP contribution in [0.5, 0.6) is 0 Å². The first-order valence-electron chi connectivity index (χ1n) is 3.84. The first-order chi connectivity index (χ1) is 4.09. The van der Waals surface area contributed by atoms with Crippen molar-refractivity contribution in [3.8, 4) is 0 Å². The van der Waals surface area contributed by atoms with E-state index in [4.69, 9.17) is 0 Å². The van der Waals surface area contributed by atoms with Crippen LogP contribution >= 0.6 is 7.92 Å². The van der Waals surface area contributed by atoms with Crippen LogP contribution in [0.3, 0.4) is 0 Å². The zero-order valence-corrected chi connectivity index (χ0v) is 7.83. The Hall–Kier alpha value is 0.430. The minimum Gasteiger partial charge on any atom is -0.101 e. The molecule has 1 unspecified atom stereocenters. The van der Waals surface area contributed by atoms with E-state index in [2.05, 4.69) is 27.7 Å². The Labute approximate surface area is 59.8 Å². The highest BCUT2D eigenvalue weighted by molar-refractivity contribution is 7.61. The molecule has 0 aromatic rings. The number of hydrogen-bond donors (Lipinski definition) is 0. The Morgan fingerprint density at radius 3 is 2.22 bits per heavy atom. The quantitative estimate of drug-likeness (QED) is 0.496. The fraction of sp³-hybridized carbons (Fsp3) is 1.00. The lowest BCUT2D eigenvalue weighted by Crippen LogP contribution is -2.41. The summed E-state index contributed by atoms with van der Waals surface area (Å²) in [5.74, 6) is 0.989. The van der Waals surface area contributed by atoms with Crippen molar-refractivity contribution in [1.82, 2.24) is 0 Å². The van der Waals surface area contributed by atoms with Crippen LogP contribution in [-0.4, -0.2) is 17.5 Å². The van der Waals surface area contributed by atoms with Gasteiger partial charge in [-0.05, 0) is 23.4 Å². The lowest BCUT2D eigenvalue weighted by Gasteiger charge is -2.51. The molecule has 1 aliphatic heterocycles. The zero-order valence-electron chi connectivity index (χ0n) is 6.94. The van der Waals surface area contributed by atoms with Gasteiger partial charge in [-0.1, -0.05) is 27.7 Å². The van der Waals surface area contributed by atoms with Crippen LogP contribution in [0.15, 0.2) is 0 Å². The van der Waals surface area contributed by atoms with Gasteiger partial charge in [0.2, 0.25) is 0 Å².